The van der Waals surface area contributed by atoms with E-state index in [1.807, 2.05) is 6.07 Å². The Morgan fingerprint density at radius 3 is 2.94 bits per heavy atom. The van der Waals surface area contributed by atoms with Crippen LogP contribution >= 0.6 is 0 Å². The van der Waals surface area contributed by atoms with Crippen molar-refractivity contribution in [3.63, 3.8) is 0 Å². The molecule has 4 heteroatoms. The Morgan fingerprint density at radius 2 is 2.25 bits per heavy atom. The number of nitrogens with zero attached hydrogens (tertiary/aromatic N) is 1. The topological polar surface area (TPSA) is 57.6 Å². The van der Waals surface area contributed by atoms with Gasteiger partial charge in [-0.25, -0.2) is 4.79 Å². The highest BCUT2D eigenvalue weighted by molar-refractivity contribution is 5.98. The average molecular weight is 217 g/mol. The van der Waals surface area contributed by atoms with Gasteiger partial charge in [-0.3, -0.25) is 4.79 Å². The molecule has 16 heavy (non-hydrogen) atoms. The lowest BCUT2D eigenvalue weighted by Gasteiger charge is -2.04. The van der Waals surface area contributed by atoms with Crippen molar-refractivity contribution in [2.24, 2.45) is 0 Å². The number of rotatable bonds is 2. The van der Waals surface area contributed by atoms with Gasteiger partial charge in [-0.1, -0.05) is 6.07 Å². The highest BCUT2D eigenvalue weighted by Gasteiger charge is 2.23. The molecular weight excluding hydrogens is 206 g/mol. The third-order valence-electron chi connectivity index (χ3n) is 2.53. The van der Waals surface area contributed by atoms with Crippen LogP contribution in [-0.4, -0.2) is 28.9 Å². The van der Waals surface area contributed by atoms with Crippen LogP contribution in [0.1, 0.15) is 21.5 Å². The molecule has 0 saturated carbocycles. The smallest absolute Gasteiger partial charge is 0.328 e. The van der Waals surface area contributed by atoms with Crippen LogP contribution < -0.4 is 0 Å². The van der Waals surface area contributed by atoms with Crippen molar-refractivity contribution >= 4 is 18.0 Å². The fourth-order valence-corrected chi connectivity index (χ4v) is 1.76. The second-order valence-corrected chi connectivity index (χ2v) is 3.75. The predicted octanol–water partition coefficient (Wildman–Crippen LogP) is 1.37. The second-order valence-electron chi connectivity index (χ2n) is 3.75. The van der Waals surface area contributed by atoms with Gasteiger partial charge < -0.3 is 10.0 Å². The minimum atomic E-state index is -0.978. The molecule has 1 amide bonds. The Kier molecular flexibility index (Phi) is 2.48. The van der Waals surface area contributed by atoms with Crippen LogP contribution in [0.25, 0.3) is 6.08 Å². The molecule has 0 aliphatic carbocycles. The SMILES string of the molecule is CN1Cc2cc(C=CC(=O)O)ccc2C1=O. The fourth-order valence-electron chi connectivity index (χ4n) is 1.76. The Hall–Kier alpha value is -2.10. The van der Waals surface area contributed by atoms with Crippen molar-refractivity contribution in [1.29, 1.82) is 0 Å². The van der Waals surface area contributed by atoms with E-state index >= 15 is 0 Å². The van der Waals surface area contributed by atoms with E-state index in [2.05, 4.69) is 0 Å². The molecule has 82 valence electrons. The first-order valence-corrected chi connectivity index (χ1v) is 4.87. The van der Waals surface area contributed by atoms with Crippen molar-refractivity contribution in [3.8, 4) is 0 Å². The zero-order valence-corrected chi connectivity index (χ0v) is 8.80. The number of carboxylic acids is 1. The normalized spacial score (nSPS) is 14.6. The van der Waals surface area contributed by atoms with E-state index in [4.69, 9.17) is 5.11 Å². The van der Waals surface area contributed by atoms with Gasteiger partial charge in [0.15, 0.2) is 0 Å². The summed E-state index contributed by atoms with van der Waals surface area (Å²) in [7, 11) is 1.75. The summed E-state index contributed by atoms with van der Waals surface area (Å²) in [5.41, 5.74) is 2.44. The summed E-state index contributed by atoms with van der Waals surface area (Å²) < 4.78 is 0. The number of fused-ring (bicyclic) bond motifs is 1. The molecule has 0 bridgehead atoms. The quantitative estimate of drug-likeness (QED) is 0.761. The minimum Gasteiger partial charge on any atom is -0.478 e. The van der Waals surface area contributed by atoms with Gasteiger partial charge in [0.05, 0.1) is 0 Å². The molecule has 1 aliphatic rings. The van der Waals surface area contributed by atoms with Gasteiger partial charge >= 0.3 is 5.97 Å². The number of hydrogen-bond donors (Lipinski definition) is 1. The maximum absolute atomic E-state index is 11.6. The highest BCUT2D eigenvalue weighted by Crippen LogP contribution is 2.22. The van der Waals surface area contributed by atoms with E-state index in [0.717, 1.165) is 17.2 Å². The average Bonchev–Trinajstić information content (AvgIpc) is 2.52. The maximum Gasteiger partial charge on any atom is 0.328 e. The number of carboxylic acid groups (broad SMARTS) is 1. The third-order valence-corrected chi connectivity index (χ3v) is 2.53. The van der Waals surface area contributed by atoms with Crippen LogP contribution in [0.15, 0.2) is 24.3 Å². The summed E-state index contributed by atoms with van der Waals surface area (Å²) >= 11 is 0. The van der Waals surface area contributed by atoms with E-state index in [1.165, 1.54) is 6.08 Å². The number of amides is 1. The maximum atomic E-state index is 11.6. The van der Waals surface area contributed by atoms with Crippen LogP contribution in [0.3, 0.4) is 0 Å². The molecule has 0 radical (unpaired) electrons. The van der Waals surface area contributed by atoms with E-state index in [0.29, 0.717) is 12.1 Å². The van der Waals surface area contributed by atoms with Crippen molar-refractivity contribution in [3.05, 3.63) is 41.0 Å². The number of hydrogen-bond acceptors (Lipinski definition) is 2. The second kappa shape index (κ2) is 3.81. The molecule has 2 rings (SSSR count). The molecule has 0 aromatic heterocycles. The molecule has 0 atom stereocenters. The molecule has 0 fully saturated rings. The zero-order valence-electron chi connectivity index (χ0n) is 8.80. The monoisotopic (exact) mass is 217 g/mol. The molecule has 1 aromatic carbocycles. The van der Waals surface area contributed by atoms with Gasteiger partial charge in [0.1, 0.15) is 0 Å². The van der Waals surface area contributed by atoms with Crippen molar-refractivity contribution in [2.75, 3.05) is 7.05 Å². The molecule has 1 aromatic rings. The molecule has 0 spiro atoms. The molecular formula is C12H11NO3. The molecule has 1 N–H and O–H groups in total. The summed E-state index contributed by atoms with van der Waals surface area (Å²) in [4.78, 5) is 23.6. The lowest BCUT2D eigenvalue weighted by Crippen LogP contribution is -2.17. The third kappa shape index (κ3) is 1.82. The van der Waals surface area contributed by atoms with Crippen LogP contribution in [0.4, 0.5) is 0 Å². The Balaban J connectivity index is 2.32. The first-order chi connectivity index (χ1) is 7.58. The Morgan fingerprint density at radius 1 is 1.50 bits per heavy atom. The van der Waals surface area contributed by atoms with Crippen molar-refractivity contribution in [1.82, 2.24) is 4.90 Å². The minimum absolute atomic E-state index is 0.0174. The van der Waals surface area contributed by atoms with Crippen LogP contribution in [0, 0.1) is 0 Å². The highest BCUT2D eigenvalue weighted by atomic mass is 16.4. The van der Waals surface area contributed by atoms with Crippen LogP contribution in [-0.2, 0) is 11.3 Å². The van der Waals surface area contributed by atoms with Crippen LogP contribution in [0.5, 0.6) is 0 Å². The van der Waals surface area contributed by atoms with Crippen molar-refractivity contribution < 1.29 is 14.7 Å². The summed E-state index contributed by atoms with van der Waals surface area (Å²) in [5, 5.41) is 8.50. The summed E-state index contributed by atoms with van der Waals surface area (Å²) in [6, 6.07) is 5.33. The van der Waals surface area contributed by atoms with Gasteiger partial charge in [0.2, 0.25) is 0 Å². The van der Waals surface area contributed by atoms with Gasteiger partial charge in [-0.05, 0) is 29.3 Å². The molecule has 0 unspecified atom stereocenters. The lowest BCUT2D eigenvalue weighted by molar-refractivity contribution is -0.131. The van der Waals surface area contributed by atoms with Gasteiger partial charge in [0.25, 0.3) is 5.91 Å². The number of carbonyl (C=O) groups excluding carboxylic acids is 1. The van der Waals surface area contributed by atoms with Gasteiger partial charge in [-0.15, -0.1) is 0 Å². The summed E-state index contributed by atoms with van der Waals surface area (Å²) in [6.07, 6.45) is 2.60. The van der Waals surface area contributed by atoms with E-state index in [9.17, 15) is 9.59 Å². The predicted molar refractivity (Wildman–Crippen MR) is 58.9 cm³/mol. The largest absolute Gasteiger partial charge is 0.478 e. The Labute approximate surface area is 92.8 Å². The van der Waals surface area contributed by atoms with E-state index in [1.54, 1.807) is 24.1 Å². The van der Waals surface area contributed by atoms with E-state index in [-0.39, 0.29) is 5.91 Å². The molecule has 4 nitrogen and oxygen atoms in total. The summed E-state index contributed by atoms with van der Waals surface area (Å²) in [6.45, 7) is 0.586. The fraction of sp³-hybridized carbons (Fsp3) is 0.167. The van der Waals surface area contributed by atoms with Gasteiger partial charge in [-0.2, -0.15) is 0 Å². The lowest BCUT2D eigenvalue weighted by atomic mass is 10.1. The van der Waals surface area contributed by atoms with E-state index < -0.39 is 5.97 Å². The molecule has 0 saturated heterocycles. The number of benzene rings is 1. The number of carbonyl (C=O) groups is 2. The van der Waals surface area contributed by atoms with Gasteiger partial charge in [0, 0.05) is 25.2 Å². The standard InChI is InChI=1S/C12H11NO3/c1-13-7-9-6-8(3-5-11(14)15)2-4-10(9)12(13)16/h2-6H,7H2,1H3,(H,14,15). The molecule has 1 aliphatic heterocycles. The van der Waals surface area contributed by atoms with Crippen molar-refractivity contribution in [2.45, 2.75) is 6.54 Å². The zero-order chi connectivity index (χ0) is 11.7. The Bertz CT molecular complexity index is 491. The number of aliphatic carboxylic acids is 1. The van der Waals surface area contributed by atoms with Crippen LogP contribution in [0.2, 0.25) is 0 Å². The first kappa shape index (κ1) is 10.4. The molecule has 1 heterocycles. The summed E-state index contributed by atoms with van der Waals surface area (Å²) in [5.74, 6) is -0.961. The first-order valence-electron chi connectivity index (χ1n) is 4.87.